The van der Waals surface area contributed by atoms with Crippen LogP contribution in [-0.4, -0.2) is 41.1 Å². The van der Waals surface area contributed by atoms with Gasteiger partial charge in [0.2, 0.25) is 11.5 Å². The lowest BCUT2D eigenvalue weighted by atomic mass is 9.96. The van der Waals surface area contributed by atoms with Crippen molar-refractivity contribution in [3.63, 3.8) is 0 Å². The summed E-state index contributed by atoms with van der Waals surface area (Å²) in [5.41, 5.74) is 0.952. The van der Waals surface area contributed by atoms with Crippen LogP contribution in [0.5, 0.6) is 0 Å². The first-order valence-corrected chi connectivity index (χ1v) is 10.5. The molecule has 3 rings (SSSR count). The van der Waals surface area contributed by atoms with Crippen LogP contribution in [0.25, 0.3) is 0 Å². The molecule has 2 aromatic rings. The second-order valence-corrected chi connectivity index (χ2v) is 7.53. The Hall–Kier alpha value is -3.09. The van der Waals surface area contributed by atoms with Gasteiger partial charge in [-0.15, -0.1) is 0 Å². The number of pyridine rings is 1. The number of carbonyl (C=O) groups excluding carboxylic acids is 2. The third kappa shape index (κ3) is 6.47. The van der Waals surface area contributed by atoms with Crippen LogP contribution in [0.3, 0.4) is 0 Å². The van der Waals surface area contributed by atoms with Gasteiger partial charge in [-0.25, -0.2) is 4.79 Å². The Morgan fingerprint density at radius 2 is 1.73 bits per heavy atom. The predicted molar refractivity (Wildman–Crippen MR) is 114 cm³/mol. The van der Waals surface area contributed by atoms with E-state index in [4.69, 9.17) is 4.74 Å². The van der Waals surface area contributed by atoms with E-state index in [9.17, 15) is 14.4 Å². The Morgan fingerprint density at radius 3 is 2.47 bits per heavy atom. The second kappa shape index (κ2) is 11.2. The summed E-state index contributed by atoms with van der Waals surface area (Å²) in [6, 6.07) is 14.7. The molecular weight excluding hydrogens is 382 g/mol. The van der Waals surface area contributed by atoms with Crippen molar-refractivity contribution in [1.82, 2.24) is 14.8 Å². The van der Waals surface area contributed by atoms with Crippen LogP contribution in [0.2, 0.25) is 0 Å². The molecule has 1 aromatic heterocycles. The number of carbonyl (C=O) groups is 2. The molecule has 1 aromatic carbocycles. The lowest BCUT2D eigenvalue weighted by Gasteiger charge is -2.30. The summed E-state index contributed by atoms with van der Waals surface area (Å²) >= 11 is 0. The number of aryl methyl sites for hydroxylation is 1. The van der Waals surface area contributed by atoms with Crippen LogP contribution in [0.1, 0.15) is 31.2 Å². The number of hydrogen-bond acceptors (Lipinski definition) is 4. The number of amides is 2. The van der Waals surface area contributed by atoms with Crippen molar-refractivity contribution in [3.05, 3.63) is 70.6 Å². The van der Waals surface area contributed by atoms with Crippen LogP contribution in [-0.2, 0) is 22.7 Å². The first kappa shape index (κ1) is 21.6. The van der Waals surface area contributed by atoms with Crippen molar-refractivity contribution < 1.29 is 14.3 Å². The van der Waals surface area contributed by atoms with E-state index >= 15 is 0 Å². The maximum atomic E-state index is 12.4. The molecule has 1 aliphatic rings. The van der Waals surface area contributed by atoms with Gasteiger partial charge in [0.15, 0.2) is 0 Å². The molecule has 0 unspecified atom stereocenters. The number of benzene rings is 1. The van der Waals surface area contributed by atoms with E-state index in [-0.39, 0.29) is 30.1 Å². The van der Waals surface area contributed by atoms with Gasteiger partial charge in [0.1, 0.15) is 6.61 Å². The summed E-state index contributed by atoms with van der Waals surface area (Å²) in [5, 5.41) is 2.98. The summed E-state index contributed by atoms with van der Waals surface area (Å²) in [6.07, 6.45) is 4.39. The van der Waals surface area contributed by atoms with E-state index in [1.165, 1.54) is 0 Å². The first-order valence-electron chi connectivity index (χ1n) is 10.5. The molecule has 2 heterocycles. The molecule has 2 amide bonds. The summed E-state index contributed by atoms with van der Waals surface area (Å²) in [5.74, 6) is -0.0240. The summed E-state index contributed by atoms with van der Waals surface area (Å²) in [4.78, 5) is 37.9. The van der Waals surface area contributed by atoms with E-state index in [0.29, 0.717) is 39.0 Å². The molecule has 1 fully saturated rings. The highest BCUT2D eigenvalue weighted by atomic mass is 16.6. The highest BCUT2D eigenvalue weighted by molar-refractivity contribution is 5.79. The van der Waals surface area contributed by atoms with E-state index < -0.39 is 0 Å². The number of nitrogens with zero attached hydrogens (tertiary/aromatic N) is 2. The van der Waals surface area contributed by atoms with Gasteiger partial charge in [0.05, 0.1) is 0 Å². The van der Waals surface area contributed by atoms with Gasteiger partial charge in [0.25, 0.3) is 0 Å². The maximum absolute atomic E-state index is 12.4. The molecular formula is C23H29N3O4. The fourth-order valence-corrected chi connectivity index (χ4v) is 3.54. The summed E-state index contributed by atoms with van der Waals surface area (Å²) < 4.78 is 7.04. The SMILES string of the molecule is O=C(NCCCCn1ccccc1=O)C1CCN(C(=O)OCc2ccccc2)CC1. The van der Waals surface area contributed by atoms with Gasteiger partial charge in [-0.05, 0) is 37.3 Å². The largest absolute Gasteiger partial charge is 0.445 e. The van der Waals surface area contributed by atoms with E-state index in [1.54, 1.807) is 27.8 Å². The number of hydrogen-bond donors (Lipinski definition) is 1. The smallest absolute Gasteiger partial charge is 0.410 e. The highest BCUT2D eigenvalue weighted by Gasteiger charge is 2.27. The lowest BCUT2D eigenvalue weighted by Crippen LogP contribution is -2.43. The van der Waals surface area contributed by atoms with Crippen LogP contribution in [0.4, 0.5) is 4.79 Å². The van der Waals surface area contributed by atoms with Crippen LogP contribution in [0.15, 0.2) is 59.5 Å². The lowest BCUT2D eigenvalue weighted by molar-refractivity contribution is -0.126. The average molecular weight is 412 g/mol. The van der Waals surface area contributed by atoms with Gasteiger partial charge < -0.3 is 19.5 Å². The molecule has 1 saturated heterocycles. The molecule has 1 aliphatic heterocycles. The monoisotopic (exact) mass is 411 g/mol. The van der Waals surface area contributed by atoms with E-state index in [1.807, 2.05) is 36.4 Å². The molecule has 0 aliphatic carbocycles. The molecule has 1 N–H and O–H groups in total. The zero-order valence-electron chi connectivity index (χ0n) is 17.2. The van der Waals surface area contributed by atoms with Crippen molar-refractivity contribution in [1.29, 1.82) is 0 Å². The second-order valence-electron chi connectivity index (χ2n) is 7.53. The average Bonchev–Trinajstić information content (AvgIpc) is 2.79. The van der Waals surface area contributed by atoms with Gasteiger partial charge >= 0.3 is 6.09 Å². The van der Waals surface area contributed by atoms with E-state index in [2.05, 4.69) is 5.32 Å². The number of nitrogens with one attached hydrogen (secondary N) is 1. The predicted octanol–water partition coefficient (Wildman–Crippen LogP) is 2.79. The Kier molecular flexibility index (Phi) is 8.06. The summed E-state index contributed by atoms with van der Waals surface area (Å²) in [6.45, 7) is 2.57. The quantitative estimate of drug-likeness (QED) is 0.678. The molecule has 160 valence electrons. The topological polar surface area (TPSA) is 80.6 Å². The maximum Gasteiger partial charge on any atom is 0.410 e. The molecule has 0 spiro atoms. The van der Waals surface area contributed by atoms with Gasteiger partial charge in [-0.2, -0.15) is 0 Å². The fraction of sp³-hybridized carbons (Fsp3) is 0.435. The Labute approximate surface area is 176 Å². The summed E-state index contributed by atoms with van der Waals surface area (Å²) in [7, 11) is 0. The van der Waals surface area contributed by atoms with Gasteiger partial charge in [-0.1, -0.05) is 36.4 Å². The van der Waals surface area contributed by atoms with Crippen molar-refractivity contribution in [2.45, 2.75) is 38.8 Å². The Balaban J connectivity index is 1.29. The molecule has 0 bridgehead atoms. The zero-order valence-corrected chi connectivity index (χ0v) is 17.2. The highest BCUT2D eigenvalue weighted by Crippen LogP contribution is 2.18. The van der Waals surface area contributed by atoms with Gasteiger partial charge in [0, 0.05) is 44.4 Å². The number of likely N-dealkylation sites (tertiary alicyclic amines) is 1. The number of ether oxygens (including phenoxy) is 1. The standard InChI is InChI=1S/C23H29N3O4/c27-21-10-4-6-14-25(21)15-7-5-13-24-22(28)20-11-16-26(17-12-20)23(29)30-18-19-8-2-1-3-9-19/h1-4,6,8-10,14,20H,5,7,11-13,15-18H2,(H,24,28). The third-order valence-corrected chi connectivity index (χ3v) is 5.35. The number of aromatic nitrogens is 1. The minimum absolute atomic E-state index is 0.00408. The molecule has 30 heavy (non-hydrogen) atoms. The van der Waals surface area contributed by atoms with Crippen molar-refractivity contribution in [2.24, 2.45) is 5.92 Å². The third-order valence-electron chi connectivity index (χ3n) is 5.35. The molecule has 7 heteroatoms. The molecule has 0 saturated carbocycles. The number of piperidine rings is 1. The van der Waals surface area contributed by atoms with Crippen molar-refractivity contribution in [3.8, 4) is 0 Å². The normalized spacial score (nSPS) is 14.3. The zero-order chi connectivity index (χ0) is 21.2. The molecule has 7 nitrogen and oxygen atoms in total. The minimum atomic E-state index is -0.325. The van der Waals surface area contributed by atoms with Crippen molar-refractivity contribution in [2.75, 3.05) is 19.6 Å². The fourth-order valence-electron chi connectivity index (χ4n) is 3.54. The number of rotatable bonds is 8. The molecule has 0 atom stereocenters. The van der Waals surface area contributed by atoms with Crippen LogP contribution in [0, 0.1) is 5.92 Å². The Bertz CT molecular complexity index is 873. The van der Waals surface area contributed by atoms with Crippen LogP contribution >= 0.6 is 0 Å². The minimum Gasteiger partial charge on any atom is -0.445 e. The van der Waals surface area contributed by atoms with Gasteiger partial charge in [-0.3, -0.25) is 9.59 Å². The molecule has 0 radical (unpaired) electrons. The van der Waals surface area contributed by atoms with Crippen LogP contribution < -0.4 is 10.9 Å². The number of unbranched alkanes of at least 4 members (excludes halogenated alkanes) is 1. The Morgan fingerprint density at radius 1 is 1.00 bits per heavy atom. The van der Waals surface area contributed by atoms with Crippen molar-refractivity contribution >= 4 is 12.0 Å². The first-order chi connectivity index (χ1) is 14.6. The van der Waals surface area contributed by atoms with E-state index in [0.717, 1.165) is 18.4 Å².